The van der Waals surface area contributed by atoms with Crippen molar-refractivity contribution in [3.63, 3.8) is 0 Å². The van der Waals surface area contributed by atoms with E-state index >= 15 is 0 Å². The quantitative estimate of drug-likeness (QED) is 0.567. The van der Waals surface area contributed by atoms with Crippen LogP contribution in [0.15, 0.2) is 24.3 Å². The summed E-state index contributed by atoms with van der Waals surface area (Å²) >= 11 is 0. The van der Waals surface area contributed by atoms with Gasteiger partial charge in [0.2, 0.25) is 0 Å². The highest BCUT2D eigenvalue weighted by Gasteiger charge is 2.20. The number of hydrogen-bond donors (Lipinski definition) is 3. The van der Waals surface area contributed by atoms with E-state index < -0.39 is 7.12 Å². The van der Waals surface area contributed by atoms with Crippen molar-refractivity contribution in [2.45, 2.75) is 18.9 Å². The van der Waals surface area contributed by atoms with Crippen LogP contribution < -0.4 is 10.8 Å². The molecule has 0 aromatic heterocycles. The second-order valence-electron chi connectivity index (χ2n) is 3.41. The highest BCUT2D eigenvalue weighted by Crippen LogP contribution is 2.23. The van der Waals surface area contributed by atoms with Crippen molar-refractivity contribution in [2.24, 2.45) is 0 Å². The minimum absolute atomic E-state index is 0.529. The van der Waals surface area contributed by atoms with E-state index in [1.807, 2.05) is 12.1 Å². The molecule has 2 rings (SSSR count). The molecule has 1 aliphatic rings. The number of nitrogens with one attached hydrogen (secondary N) is 1. The van der Waals surface area contributed by atoms with Gasteiger partial charge in [-0.15, -0.1) is 0 Å². The molecule has 1 aromatic carbocycles. The van der Waals surface area contributed by atoms with Gasteiger partial charge in [0.15, 0.2) is 0 Å². The molecule has 0 radical (unpaired) electrons. The molecule has 0 bridgehead atoms. The third-order valence-corrected chi connectivity index (χ3v) is 2.16. The second-order valence-corrected chi connectivity index (χ2v) is 3.41. The molecule has 1 saturated carbocycles. The summed E-state index contributed by atoms with van der Waals surface area (Å²) in [4.78, 5) is 0. The minimum Gasteiger partial charge on any atom is -0.423 e. The first kappa shape index (κ1) is 8.60. The summed E-state index contributed by atoms with van der Waals surface area (Å²) in [5.41, 5.74) is 1.58. The minimum atomic E-state index is -1.37. The molecule has 3 nitrogen and oxygen atoms in total. The smallest absolute Gasteiger partial charge is 0.423 e. The SMILES string of the molecule is OB(O)c1ccc(NC2CC2)cc1. The zero-order valence-electron chi connectivity index (χ0n) is 7.27. The van der Waals surface area contributed by atoms with Gasteiger partial charge in [0.05, 0.1) is 0 Å². The van der Waals surface area contributed by atoms with Gasteiger partial charge < -0.3 is 15.4 Å². The Morgan fingerprint density at radius 1 is 1.15 bits per heavy atom. The lowest BCUT2D eigenvalue weighted by molar-refractivity contribution is 0.426. The number of hydrogen-bond acceptors (Lipinski definition) is 3. The molecule has 0 aliphatic heterocycles. The maximum Gasteiger partial charge on any atom is 0.488 e. The summed E-state index contributed by atoms with van der Waals surface area (Å²) < 4.78 is 0. The molecule has 3 N–H and O–H groups in total. The summed E-state index contributed by atoms with van der Waals surface area (Å²) in [6.07, 6.45) is 2.48. The molecule has 0 saturated heterocycles. The van der Waals surface area contributed by atoms with Crippen LogP contribution in [0, 0.1) is 0 Å². The van der Waals surface area contributed by atoms with Crippen LogP contribution in [-0.2, 0) is 0 Å². The van der Waals surface area contributed by atoms with Crippen LogP contribution in [0.3, 0.4) is 0 Å². The lowest BCUT2D eigenvalue weighted by atomic mass is 9.80. The van der Waals surface area contributed by atoms with Crippen molar-refractivity contribution in [3.05, 3.63) is 24.3 Å². The number of anilines is 1. The molecule has 0 spiro atoms. The molecule has 0 amide bonds. The van der Waals surface area contributed by atoms with Crippen molar-refractivity contribution in [1.82, 2.24) is 0 Å². The first-order valence-corrected chi connectivity index (χ1v) is 4.48. The topological polar surface area (TPSA) is 52.5 Å². The van der Waals surface area contributed by atoms with E-state index in [0.717, 1.165) is 5.69 Å². The average Bonchev–Trinajstić information content (AvgIpc) is 2.89. The van der Waals surface area contributed by atoms with Crippen molar-refractivity contribution in [3.8, 4) is 0 Å². The fourth-order valence-electron chi connectivity index (χ4n) is 1.21. The lowest BCUT2D eigenvalue weighted by Gasteiger charge is -2.05. The number of benzene rings is 1. The van der Waals surface area contributed by atoms with E-state index in [-0.39, 0.29) is 0 Å². The third kappa shape index (κ3) is 2.23. The van der Waals surface area contributed by atoms with E-state index in [4.69, 9.17) is 10.0 Å². The van der Waals surface area contributed by atoms with Gasteiger partial charge in [-0.25, -0.2) is 0 Å². The normalized spacial score (nSPS) is 15.5. The molecule has 1 fully saturated rings. The molecule has 13 heavy (non-hydrogen) atoms. The van der Waals surface area contributed by atoms with Crippen LogP contribution >= 0.6 is 0 Å². The predicted octanol–water partition coefficient (Wildman–Crippen LogP) is -0.0593. The van der Waals surface area contributed by atoms with Crippen LogP contribution in [0.1, 0.15) is 12.8 Å². The van der Waals surface area contributed by atoms with Gasteiger partial charge in [0.1, 0.15) is 0 Å². The van der Waals surface area contributed by atoms with E-state index in [1.165, 1.54) is 12.8 Å². The van der Waals surface area contributed by atoms with Gasteiger partial charge in [0, 0.05) is 11.7 Å². The second kappa shape index (κ2) is 3.40. The molecular weight excluding hydrogens is 165 g/mol. The third-order valence-electron chi connectivity index (χ3n) is 2.16. The fraction of sp³-hybridized carbons (Fsp3) is 0.333. The van der Waals surface area contributed by atoms with Crippen LogP contribution in [0.5, 0.6) is 0 Å². The molecule has 1 aromatic rings. The van der Waals surface area contributed by atoms with Gasteiger partial charge in [-0.05, 0) is 30.4 Å². The van der Waals surface area contributed by atoms with Crippen LogP contribution in [-0.4, -0.2) is 23.2 Å². The van der Waals surface area contributed by atoms with E-state index in [0.29, 0.717) is 11.5 Å². The maximum absolute atomic E-state index is 8.84. The van der Waals surface area contributed by atoms with E-state index in [1.54, 1.807) is 12.1 Å². The predicted molar refractivity (Wildman–Crippen MR) is 52.9 cm³/mol. The Balaban J connectivity index is 2.04. The van der Waals surface area contributed by atoms with E-state index in [9.17, 15) is 0 Å². The highest BCUT2D eigenvalue weighted by atomic mass is 16.4. The van der Waals surface area contributed by atoms with Crippen LogP contribution in [0.2, 0.25) is 0 Å². The Morgan fingerprint density at radius 2 is 1.77 bits per heavy atom. The Labute approximate surface area is 77.6 Å². The molecule has 0 unspecified atom stereocenters. The van der Waals surface area contributed by atoms with Gasteiger partial charge in [-0.3, -0.25) is 0 Å². The zero-order chi connectivity index (χ0) is 9.26. The van der Waals surface area contributed by atoms with Crippen molar-refractivity contribution in [1.29, 1.82) is 0 Å². The lowest BCUT2D eigenvalue weighted by Crippen LogP contribution is -2.29. The van der Waals surface area contributed by atoms with Crippen molar-refractivity contribution >= 4 is 18.3 Å². The zero-order valence-corrected chi connectivity index (χ0v) is 7.27. The standard InChI is InChI=1S/C9H12BNO2/c12-10(13)7-1-3-8(4-2-7)11-9-5-6-9/h1-4,9,11-13H,5-6H2. The number of rotatable bonds is 3. The van der Waals surface area contributed by atoms with Gasteiger partial charge in [0.25, 0.3) is 0 Å². The Hall–Kier alpha value is -0.995. The summed E-state index contributed by atoms with van der Waals surface area (Å²) in [7, 11) is -1.37. The summed E-state index contributed by atoms with van der Waals surface area (Å²) in [6, 6.07) is 7.80. The molecule has 0 heterocycles. The van der Waals surface area contributed by atoms with Gasteiger partial charge in [-0.2, -0.15) is 0 Å². The molecular formula is C9H12BNO2. The molecule has 1 aliphatic carbocycles. The first-order valence-electron chi connectivity index (χ1n) is 4.48. The van der Waals surface area contributed by atoms with Crippen LogP contribution in [0.4, 0.5) is 5.69 Å². The summed E-state index contributed by atoms with van der Waals surface area (Å²) in [5.74, 6) is 0. The first-order chi connectivity index (χ1) is 6.25. The largest absolute Gasteiger partial charge is 0.488 e. The van der Waals surface area contributed by atoms with Crippen molar-refractivity contribution in [2.75, 3.05) is 5.32 Å². The maximum atomic E-state index is 8.84. The van der Waals surface area contributed by atoms with Crippen molar-refractivity contribution < 1.29 is 10.0 Å². The Bertz CT molecular complexity index is 282. The Kier molecular flexibility index (Phi) is 2.25. The average molecular weight is 177 g/mol. The highest BCUT2D eigenvalue weighted by molar-refractivity contribution is 6.58. The van der Waals surface area contributed by atoms with Gasteiger partial charge in [-0.1, -0.05) is 12.1 Å². The van der Waals surface area contributed by atoms with E-state index in [2.05, 4.69) is 5.32 Å². The summed E-state index contributed by atoms with van der Waals surface area (Å²) in [6.45, 7) is 0. The monoisotopic (exact) mass is 177 g/mol. The molecule has 4 heteroatoms. The molecule has 0 atom stereocenters. The van der Waals surface area contributed by atoms with Gasteiger partial charge >= 0.3 is 7.12 Å². The molecule has 68 valence electrons. The van der Waals surface area contributed by atoms with Crippen LogP contribution in [0.25, 0.3) is 0 Å². The summed E-state index contributed by atoms with van der Waals surface area (Å²) in [5, 5.41) is 21.0. The fourth-order valence-corrected chi connectivity index (χ4v) is 1.21. The Morgan fingerprint density at radius 3 is 2.23 bits per heavy atom.